The van der Waals surface area contributed by atoms with Gasteiger partial charge in [-0.15, -0.1) is 0 Å². The van der Waals surface area contributed by atoms with E-state index in [-0.39, 0.29) is 6.61 Å². The lowest BCUT2D eigenvalue weighted by Crippen LogP contribution is -2.48. The number of benzene rings is 1. The van der Waals surface area contributed by atoms with E-state index in [1.165, 1.54) is 0 Å². The van der Waals surface area contributed by atoms with Gasteiger partial charge in [0.15, 0.2) is 0 Å². The summed E-state index contributed by atoms with van der Waals surface area (Å²) in [4.78, 5) is 0. The molecule has 0 bridgehead atoms. The Morgan fingerprint density at radius 1 is 1.44 bits per heavy atom. The molecule has 1 heterocycles. The Morgan fingerprint density at radius 2 is 2.28 bits per heavy atom. The summed E-state index contributed by atoms with van der Waals surface area (Å²) in [5.41, 5.74) is 6.93. The summed E-state index contributed by atoms with van der Waals surface area (Å²) in [6.45, 7) is 0.0582. The van der Waals surface area contributed by atoms with Crippen LogP contribution in [0.15, 0.2) is 30.5 Å². The highest BCUT2D eigenvalue weighted by Gasteiger charge is 2.33. The summed E-state index contributed by atoms with van der Waals surface area (Å²) in [6.07, 6.45) is 5.75. The van der Waals surface area contributed by atoms with Crippen molar-refractivity contribution in [2.45, 2.75) is 37.3 Å². The van der Waals surface area contributed by atoms with E-state index in [9.17, 15) is 5.11 Å². The molecule has 0 spiro atoms. The summed E-state index contributed by atoms with van der Waals surface area (Å²) >= 11 is 0. The van der Waals surface area contributed by atoms with Gasteiger partial charge in [0.25, 0.3) is 0 Å². The number of hydrogen-bond donors (Lipinski definition) is 2. The highest BCUT2D eigenvalue weighted by Crippen LogP contribution is 2.35. The van der Waals surface area contributed by atoms with E-state index >= 15 is 0 Å². The highest BCUT2D eigenvalue weighted by atomic mass is 16.3. The molecule has 0 saturated heterocycles. The SMILES string of the molecule is NC1(CO)CCCC(n2ncc3ccccc32)C1. The van der Waals surface area contributed by atoms with Crippen LogP contribution in [0.5, 0.6) is 0 Å². The van der Waals surface area contributed by atoms with Gasteiger partial charge in [-0.1, -0.05) is 18.2 Å². The first-order valence-corrected chi connectivity index (χ1v) is 6.54. The summed E-state index contributed by atoms with van der Waals surface area (Å²) in [6, 6.07) is 8.52. The molecule has 2 unspecified atom stereocenters. The first kappa shape index (κ1) is 11.7. The van der Waals surface area contributed by atoms with Crippen molar-refractivity contribution in [2.75, 3.05) is 6.61 Å². The lowest BCUT2D eigenvalue weighted by Gasteiger charge is -2.36. The molecule has 1 aliphatic carbocycles. The molecule has 4 nitrogen and oxygen atoms in total. The predicted octanol–water partition coefficient (Wildman–Crippen LogP) is 1.84. The Bertz CT molecular complexity index is 551. The average Bonchev–Trinajstić information content (AvgIpc) is 2.83. The molecular weight excluding hydrogens is 226 g/mol. The number of hydrogen-bond acceptors (Lipinski definition) is 3. The van der Waals surface area contributed by atoms with Crippen molar-refractivity contribution < 1.29 is 5.11 Å². The molecule has 96 valence electrons. The summed E-state index contributed by atoms with van der Waals surface area (Å²) < 4.78 is 2.08. The molecule has 1 aliphatic rings. The third-order valence-electron chi connectivity index (χ3n) is 4.02. The molecular formula is C14H19N3O. The second kappa shape index (κ2) is 4.37. The number of aliphatic hydroxyl groups excluding tert-OH is 1. The van der Waals surface area contributed by atoms with Crippen molar-refractivity contribution in [3.63, 3.8) is 0 Å². The molecule has 3 rings (SSSR count). The third kappa shape index (κ3) is 1.91. The number of aromatic nitrogens is 2. The van der Waals surface area contributed by atoms with Crippen molar-refractivity contribution in [3.05, 3.63) is 30.5 Å². The third-order valence-corrected chi connectivity index (χ3v) is 4.02. The minimum atomic E-state index is -0.435. The zero-order valence-electron chi connectivity index (χ0n) is 10.4. The van der Waals surface area contributed by atoms with Crippen molar-refractivity contribution in [1.29, 1.82) is 0 Å². The van der Waals surface area contributed by atoms with Crippen LogP contribution in [0.2, 0.25) is 0 Å². The highest BCUT2D eigenvalue weighted by molar-refractivity contribution is 5.78. The van der Waals surface area contributed by atoms with Crippen molar-refractivity contribution >= 4 is 10.9 Å². The smallest absolute Gasteiger partial charge is 0.0685 e. The zero-order chi connectivity index (χ0) is 12.6. The zero-order valence-corrected chi connectivity index (χ0v) is 10.4. The normalized spacial score (nSPS) is 28.7. The number of para-hydroxylation sites is 1. The molecule has 18 heavy (non-hydrogen) atoms. The fourth-order valence-electron chi connectivity index (χ4n) is 3.00. The monoisotopic (exact) mass is 245 g/mol. The summed E-state index contributed by atoms with van der Waals surface area (Å²) in [7, 11) is 0. The quantitative estimate of drug-likeness (QED) is 0.848. The largest absolute Gasteiger partial charge is 0.394 e. The average molecular weight is 245 g/mol. The molecule has 0 amide bonds. The van der Waals surface area contributed by atoms with Crippen LogP contribution >= 0.6 is 0 Å². The van der Waals surface area contributed by atoms with Crippen LogP contribution in [0.25, 0.3) is 10.9 Å². The lowest BCUT2D eigenvalue weighted by molar-refractivity contribution is 0.128. The second-order valence-electron chi connectivity index (χ2n) is 5.42. The lowest BCUT2D eigenvalue weighted by atomic mass is 9.80. The van der Waals surface area contributed by atoms with Gasteiger partial charge in [-0.2, -0.15) is 5.10 Å². The number of nitrogens with two attached hydrogens (primary N) is 1. The molecule has 1 fully saturated rings. The van der Waals surface area contributed by atoms with Crippen LogP contribution in [0.1, 0.15) is 31.7 Å². The molecule has 0 aliphatic heterocycles. The maximum Gasteiger partial charge on any atom is 0.0685 e. The summed E-state index contributed by atoms with van der Waals surface area (Å²) in [5, 5.41) is 15.1. The van der Waals surface area contributed by atoms with E-state index in [0.29, 0.717) is 6.04 Å². The molecule has 2 atom stereocenters. The van der Waals surface area contributed by atoms with Gasteiger partial charge in [0.1, 0.15) is 0 Å². The minimum Gasteiger partial charge on any atom is -0.394 e. The maximum atomic E-state index is 9.42. The fraction of sp³-hybridized carbons (Fsp3) is 0.500. The molecule has 0 radical (unpaired) electrons. The van der Waals surface area contributed by atoms with Crippen molar-refractivity contribution in [3.8, 4) is 0 Å². The van der Waals surface area contributed by atoms with E-state index in [2.05, 4.69) is 21.9 Å². The van der Waals surface area contributed by atoms with Gasteiger partial charge in [0, 0.05) is 10.9 Å². The first-order valence-electron chi connectivity index (χ1n) is 6.54. The maximum absolute atomic E-state index is 9.42. The fourth-order valence-corrected chi connectivity index (χ4v) is 3.00. The van der Waals surface area contributed by atoms with Crippen LogP contribution < -0.4 is 5.73 Å². The number of aliphatic hydroxyl groups is 1. The minimum absolute atomic E-state index is 0.0582. The molecule has 1 aromatic heterocycles. The Labute approximate surface area is 106 Å². The van der Waals surface area contributed by atoms with E-state index in [1.54, 1.807) is 0 Å². The van der Waals surface area contributed by atoms with Gasteiger partial charge < -0.3 is 10.8 Å². The van der Waals surface area contributed by atoms with Gasteiger partial charge in [0.2, 0.25) is 0 Å². The number of nitrogens with zero attached hydrogens (tertiary/aromatic N) is 2. The summed E-state index contributed by atoms with van der Waals surface area (Å²) in [5.74, 6) is 0. The van der Waals surface area contributed by atoms with Crippen LogP contribution in [0.4, 0.5) is 0 Å². The molecule has 4 heteroatoms. The number of fused-ring (bicyclic) bond motifs is 1. The van der Waals surface area contributed by atoms with Gasteiger partial charge in [0.05, 0.1) is 24.4 Å². The van der Waals surface area contributed by atoms with Crippen molar-refractivity contribution in [2.24, 2.45) is 5.73 Å². The van der Waals surface area contributed by atoms with Crippen LogP contribution in [-0.2, 0) is 0 Å². The van der Waals surface area contributed by atoms with Gasteiger partial charge in [-0.3, -0.25) is 4.68 Å². The Balaban J connectivity index is 1.95. The number of rotatable bonds is 2. The van der Waals surface area contributed by atoms with Crippen LogP contribution in [-0.4, -0.2) is 27.0 Å². The van der Waals surface area contributed by atoms with Crippen LogP contribution in [0.3, 0.4) is 0 Å². The molecule has 1 saturated carbocycles. The van der Waals surface area contributed by atoms with E-state index in [1.807, 2.05) is 18.3 Å². The van der Waals surface area contributed by atoms with E-state index in [0.717, 1.165) is 36.6 Å². The Hall–Kier alpha value is -1.39. The van der Waals surface area contributed by atoms with Gasteiger partial charge in [-0.05, 0) is 31.7 Å². The molecule has 2 aromatic rings. The standard InChI is InChI=1S/C14H19N3O/c15-14(10-18)7-3-5-12(8-14)17-13-6-2-1-4-11(13)9-16-17/h1-2,4,6,9,12,18H,3,5,7-8,10,15H2. The van der Waals surface area contributed by atoms with Crippen molar-refractivity contribution in [1.82, 2.24) is 9.78 Å². The van der Waals surface area contributed by atoms with Gasteiger partial charge in [-0.25, -0.2) is 0 Å². The van der Waals surface area contributed by atoms with Gasteiger partial charge >= 0.3 is 0 Å². The van der Waals surface area contributed by atoms with E-state index < -0.39 is 5.54 Å². The first-order chi connectivity index (χ1) is 8.72. The topological polar surface area (TPSA) is 64.1 Å². The second-order valence-corrected chi connectivity index (χ2v) is 5.42. The van der Waals surface area contributed by atoms with Crippen LogP contribution in [0, 0.1) is 0 Å². The molecule has 3 N–H and O–H groups in total. The Kier molecular flexibility index (Phi) is 2.84. The predicted molar refractivity (Wildman–Crippen MR) is 71.2 cm³/mol. The Morgan fingerprint density at radius 3 is 3.11 bits per heavy atom. The van der Waals surface area contributed by atoms with E-state index in [4.69, 9.17) is 5.73 Å². The molecule has 1 aromatic carbocycles.